The van der Waals surface area contributed by atoms with Crippen LogP contribution >= 0.6 is 35.0 Å². The quantitative estimate of drug-likeness (QED) is 0.633. The molecular weight excluding hydrogens is 431 g/mol. The third kappa shape index (κ3) is 4.27. The molecule has 1 aromatic heterocycles. The standard InChI is InChI=1S/C20H16Cl2N4O2S/c21-14-5-3-4-13(20(14)22)10-26-17(8-9-23-26)24-18(27)11-25-15-6-1-2-7-16(15)29-12-19(25)28/h1-9H,10-12H2,(H,24,27). The first kappa shape index (κ1) is 19.8. The molecule has 0 saturated carbocycles. The van der Waals surface area contributed by atoms with Crippen LogP contribution in [0, 0.1) is 0 Å². The molecule has 0 atom stereocenters. The number of thioether (sulfide) groups is 1. The Hall–Kier alpha value is -2.48. The van der Waals surface area contributed by atoms with Crippen LogP contribution in [0.15, 0.2) is 59.6 Å². The number of carbonyl (C=O) groups is 2. The van der Waals surface area contributed by atoms with Crippen molar-refractivity contribution in [1.82, 2.24) is 9.78 Å². The number of anilines is 2. The van der Waals surface area contributed by atoms with Crippen molar-refractivity contribution in [2.45, 2.75) is 11.4 Å². The highest BCUT2D eigenvalue weighted by Crippen LogP contribution is 2.34. The zero-order chi connectivity index (χ0) is 20.4. The van der Waals surface area contributed by atoms with E-state index < -0.39 is 0 Å². The summed E-state index contributed by atoms with van der Waals surface area (Å²) in [5.41, 5.74) is 1.54. The molecule has 4 rings (SSSR count). The smallest absolute Gasteiger partial charge is 0.245 e. The van der Waals surface area contributed by atoms with E-state index in [1.807, 2.05) is 36.4 Å². The van der Waals surface area contributed by atoms with Crippen molar-refractivity contribution in [3.8, 4) is 0 Å². The Labute approximate surface area is 181 Å². The molecule has 1 N–H and O–H groups in total. The lowest BCUT2D eigenvalue weighted by Crippen LogP contribution is -2.41. The largest absolute Gasteiger partial charge is 0.309 e. The number of amides is 2. The van der Waals surface area contributed by atoms with E-state index in [1.165, 1.54) is 16.7 Å². The number of halogens is 2. The lowest BCUT2D eigenvalue weighted by Gasteiger charge is -2.28. The summed E-state index contributed by atoms with van der Waals surface area (Å²) in [4.78, 5) is 27.5. The van der Waals surface area contributed by atoms with Gasteiger partial charge in [0.1, 0.15) is 12.4 Å². The fraction of sp³-hybridized carbons (Fsp3) is 0.150. The summed E-state index contributed by atoms with van der Waals surface area (Å²) in [5.74, 6) is 0.426. The predicted molar refractivity (Wildman–Crippen MR) is 116 cm³/mol. The molecule has 0 spiro atoms. The molecule has 1 aliphatic rings. The van der Waals surface area contributed by atoms with Gasteiger partial charge in [-0.05, 0) is 23.8 Å². The van der Waals surface area contributed by atoms with Gasteiger partial charge in [0, 0.05) is 11.0 Å². The molecule has 2 aromatic carbocycles. The van der Waals surface area contributed by atoms with E-state index in [-0.39, 0.29) is 18.4 Å². The Morgan fingerprint density at radius 2 is 1.97 bits per heavy atom. The van der Waals surface area contributed by atoms with E-state index in [0.29, 0.717) is 28.2 Å². The van der Waals surface area contributed by atoms with Gasteiger partial charge in [-0.15, -0.1) is 11.8 Å². The Bertz CT molecular complexity index is 1090. The van der Waals surface area contributed by atoms with Crippen molar-refractivity contribution < 1.29 is 9.59 Å². The summed E-state index contributed by atoms with van der Waals surface area (Å²) in [6, 6.07) is 14.6. The minimum absolute atomic E-state index is 0.0699. The second-order valence-electron chi connectivity index (χ2n) is 6.37. The van der Waals surface area contributed by atoms with E-state index in [4.69, 9.17) is 23.2 Å². The van der Waals surface area contributed by atoms with Gasteiger partial charge in [-0.1, -0.05) is 47.5 Å². The minimum atomic E-state index is -0.306. The normalized spacial score (nSPS) is 13.3. The predicted octanol–water partition coefficient (Wildman–Crippen LogP) is 4.32. The first-order chi connectivity index (χ1) is 14.0. The van der Waals surface area contributed by atoms with Crippen molar-refractivity contribution in [3.05, 3.63) is 70.3 Å². The van der Waals surface area contributed by atoms with Crippen LogP contribution in [0.2, 0.25) is 10.0 Å². The molecule has 0 bridgehead atoms. The van der Waals surface area contributed by atoms with E-state index in [2.05, 4.69) is 10.4 Å². The van der Waals surface area contributed by atoms with Crippen LogP contribution in [-0.4, -0.2) is 33.9 Å². The van der Waals surface area contributed by atoms with Gasteiger partial charge in [-0.3, -0.25) is 9.59 Å². The van der Waals surface area contributed by atoms with Crippen LogP contribution in [0.4, 0.5) is 11.5 Å². The van der Waals surface area contributed by atoms with E-state index in [1.54, 1.807) is 23.0 Å². The fourth-order valence-electron chi connectivity index (χ4n) is 3.05. The highest BCUT2D eigenvalue weighted by Gasteiger charge is 2.26. The molecule has 0 fully saturated rings. The molecule has 6 nitrogen and oxygen atoms in total. The van der Waals surface area contributed by atoms with Gasteiger partial charge in [0.2, 0.25) is 11.8 Å². The Morgan fingerprint density at radius 1 is 1.14 bits per heavy atom. The number of fused-ring (bicyclic) bond motifs is 1. The molecule has 2 heterocycles. The van der Waals surface area contributed by atoms with Gasteiger partial charge in [-0.25, -0.2) is 4.68 Å². The molecule has 0 saturated heterocycles. The number of benzene rings is 2. The highest BCUT2D eigenvalue weighted by molar-refractivity contribution is 8.00. The van der Waals surface area contributed by atoms with Crippen molar-refractivity contribution in [2.75, 3.05) is 22.5 Å². The summed E-state index contributed by atoms with van der Waals surface area (Å²) in [6.45, 7) is 0.281. The minimum Gasteiger partial charge on any atom is -0.309 e. The van der Waals surface area contributed by atoms with Gasteiger partial charge in [0.25, 0.3) is 0 Å². The summed E-state index contributed by atoms with van der Waals surface area (Å²) in [5, 5.41) is 7.99. The van der Waals surface area contributed by atoms with Crippen LogP contribution in [0.1, 0.15) is 5.56 Å². The third-order valence-electron chi connectivity index (χ3n) is 4.45. The molecule has 148 valence electrons. The van der Waals surface area contributed by atoms with Gasteiger partial charge in [-0.2, -0.15) is 5.10 Å². The topological polar surface area (TPSA) is 67.2 Å². The maximum Gasteiger partial charge on any atom is 0.245 e. The Kier molecular flexibility index (Phi) is 5.80. The first-order valence-corrected chi connectivity index (χ1v) is 10.5. The third-order valence-corrected chi connectivity index (χ3v) is 6.35. The SMILES string of the molecule is O=C(CN1C(=O)CSc2ccccc21)Nc1ccnn1Cc1cccc(Cl)c1Cl. The van der Waals surface area contributed by atoms with Gasteiger partial charge in [0.15, 0.2) is 0 Å². The fourth-order valence-corrected chi connectivity index (χ4v) is 4.37. The zero-order valence-corrected chi connectivity index (χ0v) is 17.5. The number of hydrogen-bond acceptors (Lipinski definition) is 4. The summed E-state index contributed by atoms with van der Waals surface area (Å²) < 4.78 is 1.62. The number of aromatic nitrogens is 2. The van der Waals surface area contributed by atoms with Crippen molar-refractivity contribution >= 4 is 58.3 Å². The summed E-state index contributed by atoms with van der Waals surface area (Å²) in [6.07, 6.45) is 1.59. The van der Waals surface area contributed by atoms with Crippen molar-refractivity contribution in [1.29, 1.82) is 0 Å². The van der Waals surface area contributed by atoms with Crippen LogP contribution in [0.5, 0.6) is 0 Å². The molecular formula is C20H16Cl2N4O2S. The first-order valence-electron chi connectivity index (χ1n) is 8.79. The number of hydrogen-bond donors (Lipinski definition) is 1. The van der Waals surface area contributed by atoms with Gasteiger partial charge < -0.3 is 10.2 Å². The van der Waals surface area contributed by atoms with Crippen LogP contribution in [-0.2, 0) is 16.1 Å². The van der Waals surface area contributed by atoms with Crippen LogP contribution < -0.4 is 10.2 Å². The van der Waals surface area contributed by atoms with E-state index in [9.17, 15) is 9.59 Å². The number of para-hydroxylation sites is 1. The van der Waals surface area contributed by atoms with Gasteiger partial charge >= 0.3 is 0 Å². The van der Waals surface area contributed by atoms with E-state index in [0.717, 1.165) is 16.1 Å². The summed E-state index contributed by atoms with van der Waals surface area (Å²) >= 11 is 13.8. The molecule has 3 aromatic rings. The Balaban J connectivity index is 1.48. The van der Waals surface area contributed by atoms with Crippen LogP contribution in [0.25, 0.3) is 0 Å². The van der Waals surface area contributed by atoms with Gasteiger partial charge in [0.05, 0.1) is 34.2 Å². The zero-order valence-electron chi connectivity index (χ0n) is 15.1. The van der Waals surface area contributed by atoms with Crippen LogP contribution in [0.3, 0.4) is 0 Å². The lowest BCUT2D eigenvalue weighted by atomic mass is 10.2. The molecule has 0 radical (unpaired) electrons. The molecule has 29 heavy (non-hydrogen) atoms. The maximum atomic E-state index is 12.7. The maximum absolute atomic E-state index is 12.7. The van der Waals surface area contributed by atoms with Crippen molar-refractivity contribution in [3.63, 3.8) is 0 Å². The molecule has 0 aliphatic carbocycles. The highest BCUT2D eigenvalue weighted by atomic mass is 35.5. The Morgan fingerprint density at radius 3 is 2.83 bits per heavy atom. The lowest BCUT2D eigenvalue weighted by molar-refractivity contribution is -0.120. The second-order valence-corrected chi connectivity index (χ2v) is 8.17. The molecule has 2 amide bonds. The molecule has 9 heteroatoms. The number of carbonyl (C=O) groups excluding carboxylic acids is 2. The molecule has 1 aliphatic heterocycles. The number of nitrogens with zero attached hydrogens (tertiary/aromatic N) is 3. The van der Waals surface area contributed by atoms with Crippen molar-refractivity contribution in [2.24, 2.45) is 0 Å². The number of rotatable bonds is 5. The number of nitrogens with one attached hydrogen (secondary N) is 1. The summed E-state index contributed by atoms with van der Waals surface area (Å²) in [7, 11) is 0. The average Bonchev–Trinajstić information content (AvgIpc) is 3.14. The average molecular weight is 447 g/mol. The molecule has 0 unspecified atom stereocenters. The van der Waals surface area contributed by atoms with E-state index >= 15 is 0 Å². The second kappa shape index (κ2) is 8.49. The monoisotopic (exact) mass is 446 g/mol.